The fourth-order valence-corrected chi connectivity index (χ4v) is 0.839. The smallest absolute Gasteiger partial charge is 0.394 e. The van der Waals surface area contributed by atoms with E-state index in [0.717, 1.165) is 12.0 Å². The second-order valence-electron chi connectivity index (χ2n) is 2.57. The maximum Gasteiger partial charge on any atom is 0.394 e. The Kier molecular flexibility index (Phi) is 5.61. The summed E-state index contributed by atoms with van der Waals surface area (Å²) in [5, 5.41) is 9.19. The van der Waals surface area contributed by atoms with E-state index < -0.39 is 10.4 Å². The number of rotatable bonds is 2. The molecule has 1 rings (SSSR count). The standard InChI is InChI=1S/C9H10O.H2O4S/c1-2-5-8-6-3-4-7-9(8)10;1-5(2,3)4/h2-4,6-7,10H,1,5H2;(H2,1,2,3,4). The highest BCUT2D eigenvalue weighted by Crippen LogP contribution is 2.15. The van der Waals surface area contributed by atoms with Gasteiger partial charge in [-0.3, -0.25) is 9.11 Å². The molecular weight excluding hydrogens is 220 g/mol. The number of hydrogen-bond acceptors (Lipinski definition) is 3. The summed E-state index contributed by atoms with van der Waals surface area (Å²) in [4.78, 5) is 0. The van der Waals surface area contributed by atoms with Crippen LogP contribution in [0.5, 0.6) is 5.75 Å². The molecule has 0 atom stereocenters. The van der Waals surface area contributed by atoms with Crippen LogP contribution in [0.25, 0.3) is 0 Å². The minimum atomic E-state index is -4.67. The molecule has 0 saturated heterocycles. The van der Waals surface area contributed by atoms with E-state index in [-0.39, 0.29) is 0 Å². The van der Waals surface area contributed by atoms with Crippen molar-refractivity contribution < 1.29 is 22.6 Å². The highest BCUT2D eigenvalue weighted by atomic mass is 32.3. The first-order chi connectivity index (χ1) is 6.84. The van der Waals surface area contributed by atoms with Crippen LogP contribution in [0.2, 0.25) is 0 Å². The number of para-hydroxylation sites is 1. The van der Waals surface area contributed by atoms with E-state index in [4.69, 9.17) is 17.5 Å². The third-order valence-corrected chi connectivity index (χ3v) is 1.36. The maximum atomic E-state index is 9.19. The highest BCUT2D eigenvalue weighted by Gasteiger charge is 1.93. The molecule has 0 aliphatic carbocycles. The van der Waals surface area contributed by atoms with E-state index in [1.807, 2.05) is 18.2 Å². The van der Waals surface area contributed by atoms with Gasteiger partial charge >= 0.3 is 10.4 Å². The molecule has 0 unspecified atom stereocenters. The van der Waals surface area contributed by atoms with Gasteiger partial charge in [-0.15, -0.1) is 6.58 Å². The van der Waals surface area contributed by atoms with Crippen molar-refractivity contribution >= 4 is 10.4 Å². The largest absolute Gasteiger partial charge is 0.508 e. The number of hydrogen-bond donors (Lipinski definition) is 3. The van der Waals surface area contributed by atoms with Gasteiger partial charge in [-0.25, -0.2) is 0 Å². The molecule has 0 aliphatic rings. The molecule has 0 radical (unpaired) electrons. The first kappa shape index (κ1) is 13.6. The summed E-state index contributed by atoms with van der Waals surface area (Å²) in [6.07, 6.45) is 2.50. The second-order valence-corrected chi connectivity index (χ2v) is 3.47. The molecule has 0 bridgehead atoms. The molecule has 0 fully saturated rings. The molecule has 0 aliphatic heterocycles. The topological polar surface area (TPSA) is 94.8 Å². The van der Waals surface area contributed by atoms with Crippen molar-refractivity contribution in [3.8, 4) is 5.75 Å². The summed E-state index contributed by atoms with van der Waals surface area (Å²) in [5.74, 6) is 0.349. The Morgan fingerprint density at radius 3 is 2.13 bits per heavy atom. The Labute approximate surface area is 88.3 Å². The molecule has 0 saturated carbocycles. The van der Waals surface area contributed by atoms with E-state index in [0.29, 0.717) is 5.75 Å². The fraction of sp³-hybridized carbons (Fsp3) is 0.111. The Balaban J connectivity index is 0.000000336. The third-order valence-electron chi connectivity index (χ3n) is 1.36. The van der Waals surface area contributed by atoms with Crippen LogP contribution < -0.4 is 0 Å². The summed E-state index contributed by atoms with van der Waals surface area (Å²) in [6, 6.07) is 7.27. The molecule has 5 nitrogen and oxygen atoms in total. The number of phenols is 1. The Hall–Kier alpha value is -1.37. The predicted molar refractivity (Wildman–Crippen MR) is 56.2 cm³/mol. The first-order valence-corrected chi connectivity index (χ1v) is 5.32. The van der Waals surface area contributed by atoms with Crippen LogP contribution in [0.3, 0.4) is 0 Å². The van der Waals surface area contributed by atoms with Gasteiger partial charge in [0.05, 0.1) is 0 Å². The third kappa shape index (κ3) is 8.95. The zero-order chi connectivity index (χ0) is 11.9. The van der Waals surface area contributed by atoms with Crippen molar-refractivity contribution in [2.45, 2.75) is 6.42 Å². The van der Waals surface area contributed by atoms with E-state index in [9.17, 15) is 5.11 Å². The minimum Gasteiger partial charge on any atom is -0.508 e. The summed E-state index contributed by atoms with van der Waals surface area (Å²) in [7, 11) is -4.67. The lowest BCUT2D eigenvalue weighted by atomic mass is 10.1. The van der Waals surface area contributed by atoms with Gasteiger partial charge in [0.15, 0.2) is 0 Å². The molecular formula is C9H12O5S. The van der Waals surface area contributed by atoms with E-state index >= 15 is 0 Å². The molecule has 1 aromatic carbocycles. The van der Waals surface area contributed by atoms with Crippen molar-refractivity contribution in [3.63, 3.8) is 0 Å². The fourth-order valence-electron chi connectivity index (χ4n) is 0.839. The molecule has 0 heterocycles. The lowest BCUT2D eigenvalue weighted by Crippen LogP contribution is -1.89. The van der Waals surface area contributed by atoms with Crippen LogP contribution >= 0.6 is 0 Å². The van der Waals surface area contributed by atoms with E-state index in [1.54, 1.807) is 12.1 Å². The van der Waals surface area contributed by atoms with Crippen LogP contribution in [0, 0.1) is 0 Å². The quantitative estimate of drug-likeness (QED) is 0.530. The number of allylic oxidation sites excluding steroid dienone is 1. The average Bonchev–Trinajstić information content (AvgIpc) is 2.06. The van der Waals surface area contributed by atoms with Crippen molar-refractivity contribution in [1.82, 2.24) is 0 Å². The predicted octanol–water partition coefficient (Wildman–Crippen LogP) is 1.47. The van der Waals surface area contributed by atoms with Crippen molar-refractivity contribution in [1.29, 1.82) is 0 Å². The van der Waals surface area contributed by atoms with Gasteiger partial charge in [-0.05, 0) is 18.1 Å². The van der Waals surface area contributed by atoms with Crippen molar-refractivity contribution in [2.75, 3.05) is 0 Å². The summed E-state index contributed by atoms with van der Waals surface area (Å²) in [6.45, 7) is 3.59. The summed E-state index contributed by atoms with van der Waals surface area (Å²) >= 11 is 0. The van der Waals surface area contributed by atoms with Crippen LogP contribution in [-0.4, -0.2) is 22.6 Å². The second kappa shape index (κ2) is 6.18. The van der Waals surface area contributed by atoms with Crippen LogP contribution in [0.4, 0.5) is 0 Å². The molecule has 0 spiro atoms. The average molecular weight is 232 g/mol. The van der Waals surface area contributed by atoms with Crippen molar-refractivity contribution in [3.05, 3.63) is 42.5 Å². The molecule has 0 aromatic heterocycles. The van der Waals surface area contributed by atoms with Gasteiger partial charge in [-0.2, -0.15) is 8.42 Å². The zero-order valence-corrected chi connectivity index (χ0v) is 8.68. The summed E-state index contributed by atoms with van der Waals surface area (Å²) < 4.78 is 31.6. The minimum absolute atomic E-state index is 0.349. The van der Waals surface area contributed by atoms with Gasteiger partial charge in [-0.1, -0.05) is 24.3 Å². The van der Waals surface area contributed by atoms with E-state index in [1.165, 1.54) is 0 Å². The number of aromatic hydroxyl groups is 1. The normalized spacial score (nSPS) is 10.0. The van der Waals surface area contributed by atoms with Gasteiger partial charge in [0.1, 0.15) is 5.75 Å². The van der Waals surface area contributed by atoms with Crippen LogP contribution in [0.1, 0.15) is 5.56 Å². The van der Waals surface area contributed by atoms with Gasteiger partial charge in [0.2, 0.25) is 0 Å². The van der Waals surface area contributed by atoms with Crippen LogP contribution in [0.15, 0.2) is 36.9 Å². The van der Waals surface area contributed by atoms with Crippen LogP contribution in [-0.2, 0) is 16.8 Å². The number of benzene rings is 1. The van der Waals surface area contributed by atoms with Crippen molar-refractivity contribution in [2.24, 2.45) is 0 Å². The lowest BCUT2D eigenvalue weighted by Gasteiger charge is -1.97. The summed E-state index contributed by atoms with van der Waals surface area (Å²) in [5.41, 5.74) is 0.928. The Bertz CT molecular complexity index is 402. The Morgan fingerprint density at radius 2 is 1.73 bits per heavy atom. The zero-order valence-electron chi connectivity index (χ0n) is 7.87. The monoisotopic (exact) mass is 232 g/mol. The van der Waals surface area contributed by atoms with E-state index in [2.05, 4.69) is 6.58 Å². The SMILES string of the molecule is C=CCc1ccccc1O.O=S(=O)(O)O. The molecule has 1 aromatic rings. The molecule has 15 heavy (non-hydrogen) atoms. The molecule has 0 amide bonds. The van der Waals surface area contributed by atoms with Gasteiger partial charge in [0, 0.05) is 0 Å². The Morgan fingerprint density at radius 1 is 1.27 bits per heavy atom. The molecule has 6 heteroatoms. The first-order valence-electron chi connectivity index (χ1n) is 3.92. The van der Waals surface area contributed by atoms with Gasteiger partial charge in [0.25, 0.3) is 0 Å². The van der Waals surface area contributed by atoms with Gasteiger partial charge < -0.3 is 5.11 Å². The lowest BCUT2D eigenvalue weighted by molar-refractivity contribution is 0.381. The number of phenolic OH excluding ortho intramolecular Hbond substituents is 1. The highest BCUT2D eigenvalue weighted by molar-refractivity contribution is 7.79. The molecule has 84 valence electrons. The molecule has 3 N–H and O–H groups in total. The maximum absolute atomic E-state index is 9.19.